The molecule has 280 valence electrons. The minimum atomic E-state index is -1.03. The van der Waals surface area contributed by atoms with Crippen molar-refractivity contribution >= 4 is 23.9 Å². The molecule has 0 bridgehead atoms. The fourth-order valence-corrected chi connectivity index (χ4v) is 6.63. The van der Waals surface area contributed by atoms with Crippen molar-refractivity contribution in [2.24, 2.45) is 0 Å². The first-order chi connectivity index (χ1) is 24.2. The van der Waals surface area contributed by atoms with E-state index in [2.05, 4.69) is 0 Å². The van der Waals surface area contributed by atoms with Crippen LogP contribution in [0.25, 0.3) is 0 Å². The van der Waals surface area contributed by atoms with E-state index in [4.69, 9.17) is 18.9 Å². The molecular weight excluding hydrogens is 654 g/mol. The number of rotatable bonds is 16. The average Bonchev–Trinajstić information content (AvgIpc) is 3.92. The molecule has 1 heterocycles. The maximum absolute atomic E-state index is 14.2. The van der Waals surface area contributed by atoms with Crippen LogP contribution in [0.15, 0.2) is 42.5 Å². The number of amides is 3. The molecule has 0 aromatic heterocycles. The summed E-state index contributed by atoms with van der Waals surface area (Å²) in [6.07, 6.45) is 4.04. The summed E-state index contributed by atoms with van der Waals surface area (Å²) in [5, 5.41) is 9.39. The van der Waals surface area contributed by atoms with Gasteiger partial charge in [0.05, 0.1) is 31.7 Å². The molecule has 0 spiro atoms. The highest BCUT2D eigenvalue weighted by atomic mass is 16.6. The fourth-order valence-electron chi connectivity index (χ4n) is 6.63. The zero-order valence-corrected chi connectivity index (χ0v) is 31.2. The Kier molecular flexibility index (Phi) is 13.7. The monoisotopic (exact) mass is 709 g/mol. The van der Waals surface area contributed by atoms with Crippen LogP contribution in [0.1, 0.15) is 99.4 Å². The summed E-state index contributed by atoms with van der Waals surface area (Å²) in [6.45, 7) is 11.1. The number of carbonyl (C=O) groups is 4. The van der Waals surface area contributed by atoms with Gasteiger partial charge >= 0.3 is 12.1 Å². The zero-order valence-electron chi connectivity index (χ0n) is 31.2. The van der Waals surface area contributed by atoms with Crippen LogP contribution in [0.4, 0.5) is 4.79 Å². The van der Waals surface area contributed by atoms with E-state index in [1.54, 1.807) is 55.5 Å². The van der Waals surface area contributed by atoms with Gasteiger partial charge in [0.15, 0.2) is 11.5 Å². The number of ether oxygens (including phenoxy) is 4. The maximum atomic E-state index is 14.2. The van der Waals surface area contributed by atoms with Crippen LogP contribution >= 0.6 is 0 Å². The largest absolute Gasteiger partial charge is 0.493 e. The molecule has 12 heteroatoms. The molecule has 2 aliphatic rings. The third-order valence-corrected chi connectivity index (χ3v) is 9.20. The molecule has 1 aliphatic carbocycles. The van der Waals surface area contributed by atoms with Crippen LogP contribution < -0.4 is 9.47 Å². The van der Waals surface area contributed by atoms with E-state index < -0.39 is 17.7 Å². The number of methoxy groups -OCH3 is 2. The van der Waals surface area contributed by atoms with Gasteiger partial charge < -0.3 is 38.8 Å². The van der Waals surface area contributed by atoms with E-state index in [9.17, 15) is 24.3 Å². The molecule has 2 aromatic carbocycles. The second-order valence-corrected chi connectivity index (χ2v) is 14.7. The van der Waals surface area contributed by atoms with Gasteiger partial charge in [0, 0.05) is 56.9 Å². The standard InChI is InChI=1S/C39H55N3O9/c1-26(2)42(36(44)28-12-17-33(49-7)34(24-28)50-21-9-20-48-6)32-16-15-31(41(25-32)38(47)51-39(3,4)5)18-19-40(30-13-14-30)35(43)23-27-10-8-11-29(22-27)37(45)46/h8,10-12,17,22,24,26,30-32H,9,13-16,18-21,23,25H2,1-7H3,(H,45,46)/t31-,32-/m1/s1. The van der Waals surface area contributed by atoms with Crippen LogP contribution in [0.3, 0.4) is 0 Å². The maximum Gasteiger partial charge on any atom is 0.410 e. The summed E-state index contributed by atoms with van der Waals surface area (Å²) in [5.74, 6) is -0.249. The number of carboxylic acids is 1. The van der Waals surface area contributed by atoms with Crippen molar-refractivity contribution in [3.05, 3.63) is 59.2 Å². The molecule has 1 N–H and O–H groups in total. The summed E-state index contributed by atoms with van der Waals surface area (Å²) >= 11 is 0. The molecule has 12 nitrogen and oxygen atoms in total. The molecule has 2 aromatic rings. The van der Waals surface area contributed by atoms with E-state index >= 15 is 0 Å². The molecule has 4 rings (SSSR count). The topological polar surface area (TPSA) is 135 Å². The van der Waals surface area contributed by atoms with Gasteiger partial charge in [-0.05, 0) is 103 Å². The van der Waals surface area contributed by atoms with Crippen molar-refractivity contribution in [1.29, 1.82) is 0 Å². The minimum absolute atomic E-state index is 0.0596. The Morgan fingerprint density at radius 3 is 2.27 bits per heavy atom. The molecule has 0 unspecified atom stereocenters. The minimum Gasteiger partial charge on any atom is -0.493 e. The summed E-state index contributed by atoms with van der Waals surface area (Å²) in [7, 11) is 3.19. The summed E-state index contributed by atoms with van der Waals surface area (Å²) in [5.41, 5.74) is 0.549. The Morgan fingerprint density at radius 2 is 1.65 bits per heavy atom. The lowest BCUT2D eigenvalue weighted by Crippen LogP contribution is -2.58. The van der Waals surface area contributed by atoms with Crippen molar-refractivity contribution in [1.82, 2.24) is 14.7 Å². The molecule has 3 amide bonds. The lowest BCUT2D eigenvalue weighted by molar-refractivity contribution is -0.131. The van der Waals surface area contributed by atoms with Gasteiger partial charge in [0.1, 0.15) is 5.60 Å². The Balaban J connectivity index is 1.51. The van der Waals surface area contributed by atoms with Crippen molar-refractivity contribution in [3.63, 3.8) is 0 Å². The molecule has 1 saturated carbocycles. The van der Waals surface area contributed by atoms with Crippen molar-refractivity contribution in [3.8, 4) is 11.5 Å². The first-order valence-corrected chi connectivity index (χ1v) is 18.0. The van der Waals surface area contributed by atoms with Gasteiger partial charge in [-0.15, -0.1) is 0 Å². The summed E-state index contributed by atoms with van der Waals surface area (Å²) < 4.78 is 22.4. The highest BCUT2D eigenvalue weighted by Crippen LogP contribution is 2.33. The molecular formula is C39H55N3O9. The number of carboxylic acid groups (broad SMARTS) is 1. The van der Waals surface area contributed by atoms with E-state index in [1.165, 1.54) is 6.07 Å². The van der Waals surface area contributed by atoms with E-state index in [0.29, 0.717) is 74.6 Å². The predicted molar refractivity (Wildman–Crippen MR) is 192 cm³/mol. The zero-order chi connectivity index (χ0) is 37.3. The van der Waals surface area contributed by atoms with Crippen LogP contribution in [-0.4, -0.2) is 114 Å². The van der Waals surface area contributed by atoms with Crippen LogP contribution in [0, 0.1) is 0 Å². The third kappa shape index (κ3) is 11.1. The third-order valence-electron chi connectivity index (χ3n) is 9.20. The summed E-state index contributed by atoms with van der Waals surface area (Å²) in [4.78, 5) is 58.4. The number of aromatic carboxylic acids is 1. The van der Waals surface area contributed by atoms with Crippen molar-refractivity contribution < 1.29 is 43.2 Å². The molecule has 2 atom stereocenters. The molecule has 2 fully saturated rings. The predicted octanol–water partition coefficient (Wildman–Crippen LogP) is 6.05. The highest BCUT2D eigenvalue weighted by Gasteiger charge is 2.40. The van der Waals surface area contributed by atoms with E-state index in [1.807, 2.05) is 44.4 Å². The SMILES string of the molecule is COCCCOc1cc(C(=O)N(C(C)C)[C@@H]2CC[C@H](CCN(C(=O)Cc3cccc(C(=O)O)c3)C3CC3)N(C(=O)OC(C)(C)C)C2)ccc1OC. The van der Waals surface area contributed by atoms with Gasteiger partial charge in [-0.2, -0.15) is 0 Å². The average molecular weight is 710 g/mol. The number of hydrogen-bond donors (Lipinski definition) is 1. The van der Waals surface area contributed by atoms with E-state index in [0.717, 1.165) is 12.8 Å². The highest BCUT2D eigenvalue weighted by molar-refractivity contribution is 5.95. The van der Waals surface area contributed by atoms with Gasteiger partial charge in [0.2, 0.25) is 5.91 Å². The Bertz CT molecular complexity index is 1520. The number of hydrogen-bond acceptors (Lipinski definition) is 8. The first-order valence-electron chi connectivity index (χ1n) is 18.0. The van der Waals surface area contributed by atoms with Gasteiger partial charge in [-0.3, -0.25) is 9.59 Å². The molecule has 51 heavy (non-hydrogen) atoms. The van der Waals surface area contributed by atoms with Crippen molar-refractivity contribution in [2.75, 3.05) is 40.5 Å². The molecule has 0 radical (unpaired) electrons. The first kappa shape index (κ1) is 39.5. The Labute approximate surface area is 302 Å². The molecule has 1 saturated heterocycles. The number of carbonyl (C=O) groups excluding carboxylic acids is 3. The van der Waals surface area contributed by atoms with Crippen molar-refractivity contribution in [2.45, 2.75) is 109 Å². The lowest BCUT2D eigenvalue weighted by atomic mass is 9.93. The Hall–Kier alpha value is -4.32. The van der Waals surface area contributed by atoms with Crippen LogP contribution in [0.5, 0.6) is 11.5 Å². The number of benzene rings is 2. The fraction of sp³-hybridized carbons (Fsp3) is 0.590. The molecule has 1 aliphatic heterocycles. The van der Waals surface area contributed by atoms with Crippen LogP contribution in [0.2, 0.25) is 0 Å². The van der Waals surface area contributed by atoms with Gasteiger partial charge in [0.25, 0.3) is 5.91 Å². The smallest absolute Gasteiger partial charge is 0.410 e. The Morgan fingerprint density at radius 1 is 0.922 bits per heavy atom. The summed E-state index contributed by atoms with van der Waals surface area (Å²) in [6, 6.07) is 11.2. The second-order valence-electron chi connectivity index (χ2n) is 14.7. The van der Waals surface area contributed by atoms with E-state index in [-0.39, 0.29) is 48.0 Å². The number of nitrogens with zero attached hydrogens (tertiary/aromatic N) is 3. The lowest BCUT2D eigenvalue weighted by Gasteiger charge is -2.45. The normalized spacial score (nSPS) is 17.5. The van der Waals surface area contributed by atoms with Crippen LogP contribution in [-0.2, 0) is 20.7 Å². The van der Waals surface area contributed by atoms with Gasteiger partial charge in [-0.25, -0.2) is 9.59 Å². The quantitative estimate of drug-likeness (QED) is 0.207. The number of piperidine rings is 1. The number of likely N-dealkylation sites (tertiary alicyclic amines) is 1. The second kappa shape index (κ2) is 17.7. The van der Waals surface area contributed by atoms with Gasteiger partial charge in [-0.1, -0.05) is 12.1 Å².